The van der Waals surface area contributed by atoms with Crippen LogP contribution in [0.3, 0.4) is 0 Å². The number of halogens is 2. The Morgan fingerprint density at radius 1 is 1.73 bits per heavy atom. The third-order valence-electron chi connectivity index (χ3n) is 1.16. The Morgan fingerprint density at radius 2 is 2.36 bits per heavy atom. The van der Waals surface area contributed by atoms with Gasteiger partial charge in [-0.25, -0.2) is 4.98 Å². The van der Waals surface area contributed by atoms with Crippen LogP contribution < -0.4 is 5.73 Å². The first-order chi connectivity index (χ1) is 5.13. The number of nitrogens with two attached hydrogens (primary N) is 1. The van der Waals surface area contributed by atoms with Gasteiger partial charge in [0, 0.05) is 11.9 Å². The van der Waals surface area contributed by atoms with Gasteiger partial charge in [0.15, 0.2) is 0 Å². The average Bonchev–Trinajstić information content (AvgIpc) is 1.85. The van der Waals surface area contributed by atoms with Crippen molar-refractivity contribution in [3.05, 3.63) is 23.0 Å². The predicted molar refractivity (Wildman–Crippen MR) is 49.4 cm³/mol. The van der Waals surface area contributed by atoms with Crippen molar-refractivity contribution in [2.24, 2.45) is 0 Å². The number of nitrogens with one attached hydrogen (secondary N) is 1. The van der Waals surface area contributed by atoms with Crippen molar-refractivity contribution in [3.8, 4) is 0 Å². The molecular formula is C6H5BrClN3. The lowest BCUT2D eigenvalue weighted by Gasteiger charge is -2.02. The molecule has 0 saturated heterocycles. The molecule has 0 spiro atoms. The van der Waals surface area contributed by atoms with Crippen molar-refractivity contribution in [2.75, 3.05) is 5.73 Å². The summed E-state index contributed by atoms with van der Waals surface area (Å²) in [6.07, 6.45) is 1.50. The molecule has 0 atom stereocenters. The summed E-state index contributed by atoms with van der Waals surface area (Å²) in [5, 5.41) is 7.47. The normalized spacial score (nSPS) is 9.64. The van der Waals surface area contributed by atoms with Gasteiger partial charge < -0.3 is 5.73 Å². The molecule has 0 fully saturated rings. The second-order valence-corrected chi connectivity index (χ2v) is 3.03. The summed E-state index contributed by atoms with van der Waals surface area (Å²) in [5.74, 6) is 0. The van der Waals surface area contributed by atoms with Gasteiger partial charge in [0.1, 0.15) is 9.77 Å². The summed E-state index contributed by atoms with van der Waals surface area (Å²) in [5.41, 5.74) is 6.42. The Morgan fingerprint density at radius 3 is 2.73 bits per heavy atom. The fraction of sp³-hybridized carbons (Fsp3) is 0. The third-order valence-corrected chi connectivity index (χ3v) is 1.84. The van der Waals surface area contributed by atoms with E-state index in [0.717, 1.165) is 0 Å². The van der Waals surface area contributed by atoms with E-state index < -0.39 is 0 Å². The van der Waals surface area contributed by atoms with E-state index in [-0.39, 0.29) is 9.77 Å². The van der Waals surface area contributed by atoms with Gasteiger partial charge >= 0.3 is 0 Å². The van der Waals surface area contributed by atoms with Crippen LogP contribution in [0.5, 0.6) is 0 Å². The lowest BCUT2D eigenvalue weighted by Crippen LogP contribution is -1.99. The maximum Gasteiger partial charge on any atom is 0.140 e. The molecule has 5 heteroatoms. The Balaban J connectivity index is 3.32. The number of nitrogen functional groups attached to an aromatic ring is 1. The number of anilines is 1. The Bertz CT molecular complexity index is 280. The highest BCUT2D eigenvalue weighted by atomic mass is 79.9. The highest BCUT2D eigenvalue weighted by Gasteiger charge is 2.07. The van der Waals surface area contributed by atoms with Gasteiger partial charge in [-0.15, -0.1) is 0 Å². The lowest BCUT2D eigenvalue weighted by molar-refractivity contribution is 1.32. The van der Waals surface area contributed by atoms with Gasteiger partial charge in [-0.3, -0.25) is 5.41 Å². The fourth-order valence-corrected chi connectivity index (χ4v) is 1.46. The van der Waals surface area contributed by atoms with Gasteiger partial charge in [0.05, 0.1) is 5.56 Å². The minimum Gasteiger partial charge on any atom is -0.398 e. The topological polar surface area (TPSA) is 62.8 Å². The van der Waals surface area contributed by atoms with E-state index >= 15 is 0 Å². The average molecular weight is 234 g/mol. The SMILES string of the molecule is N=C(Br)c1c(N)ccnc1Cl. The maximum atomic E-state index is 7.23. The highest BCUT2D eigenvalue weighted by molar-refractivity contribution is 9.18. The summed E-state index contributed by atoms with van der Waals surface area (Å²) in [4.78, 5) is 3.78. The van der Waals surface area contributed by atoms with Gasteiger partial charge in [0.2, 0.25) is 0 Å². The molecule has 1 rings (SSSR count). The largest absolute Gasteiger partial charge is 0.398 e. The zero-order valence-electron chi connectivity index (χ0n) is 5.44. The second kappa shape index (κ2) is 3.19. The standard InChI is InChI=1S/C6H5BrClN3/c7-5(10)4-3(9)1-2-11-6(4)8/h1-2,10H,(H2,9,11). The molecule has 1 aromatic rings. The number of aromatic nitrogens is 1. The van der Waals surface area contributed by atoms with E-state index in [9.17, 15) is 0 Å². The van der Waals surface area contributed by atoms with E-state index in [1.54, 1.807) is 6.07 Å². The first-order valence-electron chi connectivity index (χ1n) is 2.77. The number of hydrogen-bond donors (Lipinski definition) is 2. The van der Waals surface area contributed by atoms with Gasteiger partial charge in [-0.1, -0.05) is 11.6 Å². The van der Waals surface area contributed by atoms with Gasteiger partial charge in [-0.05, 0) is 22.0 Å². The first kappa shape index (κ1) is 8.49. The minimum atomic E-state index is 0.146. The van der Waals surface area contributed by atoms with Crippen LogP contribution in [0.4, 0.5) is 5.69 Å². The molecular weight excluding hydrogens is 229 g/mol. The molecule has 1 aromatic heterocycles. The number of rotatable bonds is 1. The van der Waals surface area contributed by atoms with Crippen molar-refractivity contribution >= 4 is 37.8 Å². The molecule has 1 heterocycles. The van der Waals surface area contributed by atoms with E-state index in [4.69, 9.17) is 22.7 Å². The van der Waals surface area contributed by atoms with E-state index in [1.165, 1.54) is 6.20 Å². The zero-order chi connectivity index (χ0) is 8.43. The monoisotopic (exact) mass is 233 g/mol. The van der Waals surface area contributed by atoms with Gasteiger partial charge in [-0.2, -0.15) is 0 Å². The van der Waals surface area contributed by atoms with Crippen molar-refractivity contribution in [2.45, 2.75) is 0 Å². The Labute approximate surface area is 77.2 Å². The molecule has 0 bridgehead atoms. The summed E-state index contributed by atoms with van der Waals surface area (Å²) in [6, 6.07) is 1.59. The van der Waals surface area contributed by atoms with Crippen LogP contribution in [0.1, 0.15) is 5.56 Å². The van der Waals surface area contributed by atoms with Crippen molar-refractivity contribution in [3.63, 3.8) is 0 Å². The lowest BCUT2D eigenvalue weighted by atomic mass is 10.2. The third kappa shape index (κ3) is 1.70. The first-order valence-corrected chi connectivity index (χ1v) is 3.94. The minimum absolute atomic E-state index is 0.146. The molecule has 11 heavy (non-hydrogen) atoms. The molecule has 0 saturated carbocycles. The highest BCUT2D eigenvalue weighted by Crippen LogP contribution is 2.21. The molecule has 0 unspecified atom stereocenters. The van der Waals surface area contributed by atoms with Crippen LogP contribution in [0.25, 0.3) is 0 Å². The summed E-state index contributed by atoms with van der Waals surface area (Å²) in [6.45, 7) is 0. The smallest absolute Gasteiger partial charge is 0.140 e. The predicted octanol–water partition coefficient (Wildman–Crippen LogP) is 2.04. The van der Waals surface area contributed by atoms with Crippen LogP contribution in [-0.4, -0.2) is 9.60 Å². The molecule has 0 amide bonds. The summed E-state index contributed by atoms with van der Waals surface area (Å²) < 4.78 is 0.146. The quantitative estimate of drug-likeness (QED) is 0.577. The molecule has 0 aliphatic heterocycles. The van der Waals surface area contributed by atoms with Crippen molar-refractivity contribution < 1.29 is 0 Å². The van der Waals surface area contributed by atoms with Gasteiger partial charge in [0.25, 0.3) is 0 Å². The van der Waals surface area contributed by atoms with Crippen LogP contribution >= 0.6 is 27.5 Å². The molecule has 3 nitrogen and oxygen atoms in total. The maximum absolute atomic E-state index is 7.23. The van der Waals surface area contributed by atoms with E-state index in [2.05, 4.69) is 20.9 Å². The second-order valence-electron chi connectivity index (χ2n) is 1.88. The van der Waals surface area contributed by atoms with Crippen LogP contribution in [0.15, 0.2) is 12.3 Å². The Kier molecular flexibility index (Phi) is 2.46. The summed E-state index contributed by atoms with van der Waals surface area (Å²) >= 11 is 8.63. The zero-order valence-corrected chi connectivity index (χ0v) is 7.78. The molecule has 3 N–H and O–H groups in total. The molecule has 0 radical (unpaired) electrons. The fourth-order valence-electron chi connectivity index (χ4n) is 0.667. The van der Waals surface area contributed by atoms with Crippen molar-refractivity contribution in [1.29, 1.82) is 5.41 Å². The van der Waals surface area contributed by atoms with Crippen LogP contribution in [0.2, 0.25) is 5.15 Å². The summed E-state index contributed by atoms with van der Waals surface area (Å²) in [7, 11) is 0. The van der Waals surface area contributed by atoms with Crippen LogP contribution in [0, 0.1) is 5.41 Å². The van der Waals surface area contributed by atoms with E-state index in [1.807, 2.05) is 0 Å². The molecule has 0 aliphatic carbocycles. The number of nitrogens with zero attached hydrogens (tertiary/aromatic N) is 1. The van der Waals surface area contributed by atoms with E-state index in [0.29, 0.717) is 11.3 Å². The number of hydrogen-bond acceptors (Lipinski definition) is 3. The molecule has 0 aromatic carbocycles. The van der Waals surface area contributed by atoms with Crippen LogP contribution in [-0.2, 0) is 0 Å². The van der Waals surface area contributed by atoms with Crippen molar-refractivity contribution in [1.82, 2.24) is 4.98 Å². The number of pyridine rings is 1. The molecule has 0 aliphatic rings. The molecule has 58 valence electrons. The Hall–Kier alpha value is -0.610.